The molecule has 0 saturated carbocycles. The molecule has 1 aliphatic rings. The molecule has 8 heteroatoms. The van der Waals surface area contributed by atoms with Gasteiger partial charge in [0.15, 0.2) is 16.6 Å². The van der Waals surface area contributed by atoms with Crippen LogP contribution in [-0.2, 0) is 16.0 Å². The van der Waals surface area contributed by atoms with Crippen molar-refractivity contribution in [3.05, 3.63) is 48.4 Å². The number of anilines is 2. The van der Waals surface area contributed by atoms with Crippen molar-refractivity contribution in [2.24, 2.45) is 0 Å². The van der Waals surface area contributed by atoms with Gasteiger partial charge in [-0.15, -0.1) is 0 Å². The molecule has 0 aliphatic carbocycles. The number of amides is 1. The Morgan fingerprint density at radius 1 is 1.10 bits per heavy atom. The van der Waals surface area contributed by atoms with E-state index in [1.54, 1.807) is 11.3 Å². The quantitative estimate of drug-likeness (QED) is 0.540. The van der Waals surface area contributed by atoms with Crippen LogP contribution in [-0.4, -0.2) is 42.2 Å². The number of morpholine rings is 1. The van der Waals surface area contributed by atoms with Gasteiger partial charge in [0.2, 0.25) is 5.91 Å². The third kappa shape index (κ3) is 3.94. The Bertz CT molecular complexity index is 1130. The molecule has 3 heterocycles. The summed E-state index contributed by atoms with van der Waals surface area (Å²) >= 11 is 1.64. The Hall–Kier alpha value is -2.97. The number of carbonyl (C=O) groups excluding carboxylic acids is 1. The lowest BCUT2D eigenvalue weighted by atomic mass is 10.2. The van der Waals surface area contributed by atoms with Gasteiger partial charge in [0, 0.05) is 31.6 Å². The summed E-state index contributed by atoms with van der Waals surface area (Å²) in [6.07, 6.45) is 0.775. The van der Waals surface area contributed by atoms with Crippen LogP contribution in [0.2, 0.25) is 0 Å². The van der Waals surface area contributed by atoms with E-state index in [4.69, 9.17) is 14.1 Å². The number of fused-ring (bicyclic) bond motifs is 2. The minimum Gasteiger partial charge on any atom is -0.441 e. The molecule has 1 N–H and O–H groups in total. The minimum atomic E-state index is -0.0653. The van der Waals surface area contributed by atoms with E-state index < -0.39 is 0 Å². The number of hydrogen-bond donors (Lipinski definition) is 1. The lowest BCUT2D eigenvalue weighted by molar-refractivity contribution is -0.116. The lowest BCUT2D eigenvalue weighted by Crippen LogP contribution is -2.36. The lowest BCUT2D eigenvalue weighted by Gasteiger charge is -2.25. The maximum Gasteiger partial charge on any atom is 0.224 e. The molecule has 5 rings (SSSR count). The van der Waals surface area contributed by atoms with E-state index in [0.717, 1.165) is 58.4 Å². The number of ether oxygens (including phenoxy) is 1. The molecule has 0 radical (unpaired) electrons. The molecule has 1 fully saturated rings. The molecule has 2 aromatic heterocycles. The Kier molecular flexibility index (Phi) is 4.87. The summed E-state index contributed by atoms with van der Waals surface area (Å²) in [7, 11) is 0. The number of thiazole rings is 1. The van der Waals surface area contributed by atoms with Crippen LogP contribution in [0.3, 0.4) is 0 Å². The van der Waals surface area contributed by atoms with Crippen molar-refractivity contribution in [2.45, 2.75) is 12.8 Å². The number of nitrogens with zero attached hydrogens (tertiary/aromatic N) is 3. The fourth-order valence-electron chi connectivity index (χ4n) is 3.35. The highest BCUT2D eigenvalue weighted by Crippen LogP contribution is 2.31. The molecule has 0 atom stereocenters. The van der Waals surface area contributed by atoms with Crippen molar-refractivity contribution in [2.75, 3.05) is 36.5 Å². The van der Waals surface area contributed by atoms with Gasteiger partial charge in [-0.3, -0.25) is 4.79 Å². The van der Waals surface area contributed by atoms with Gasteiger partial charge in [-0.1, -0.05) is 23.5 Å². The van der Waals surface area contributed by atoms with E-state index >= 15 is 0 Å². The number of nitrogens with one attached hydrogen (secondary N) is 1. The zero-order valence-corrected chi connectivity index (χ0v) is 16.6. The first-order chi connectivity index (χ1) is 14.2. The summed E-state index contributed by atoms with van der Waals surface area (Å²) in [6.45, 7) is 3.19. The molecular formula is C21H20N4O3S. The molecule has 1 aliphatic heterocycles. The number of carbonyl (C=O) groups is 1. The second kappa shape index (κ2) is 7.81. The number of rotatable bonds is 5. The molecule has 4 aromatic rings. The van der Waals surface area contributed by atoms with Crippen LogP contribution in [0.4, 0.5) is 10.8 Å². The smallest absolute Gasteiger partial charge is 0.224 e. The van der Waals surface area contributed by atoms with Crippen LogP contribution in [0.15, 0.2) is 46.9 Å². The summed E-state index contributed by atoms with van der Waals surface area (Å²) in [5.41, 5.74) is 3.28. The average Bonchev–Trinajstić information content (AvgIpc) is 3.36. The molecule has 1 amide bonds. The number of para-hydroxylation sites is 2. The first kappa shape index (κ1) is 18.1. The van der Waals surface area contributed by atoms with Gasteiger partial charge in [0.05, 0.1) is 23.4 Å². The summed E-state index contributed by atoms with van der Waals surface area (Å²) in [5, 5.41) is 3.97. The Morgan fingerprint density at radius 2 is 1.97 bits per heavy atom. The van der Waals surface area contributed by atoms with Gasteiger partial charge in [-0.2, -0.15) is 0 Å². The van der Waals surface area contributed by atoms with Crippen molar-refractivity contribution in [3.63, 3.8) is 0 Å². The van der Waals surface area contributed by atoms with Gasteiger partial charge in [0.25, 0.3) is 0 Å². The van der Waals surface area contributed by atoms with Crippen LogP contribution in [0, 0.1) is 0 Å². The standard InChI is InChI=1S/C21H20N4O3S/c26-19(7-8-20-23-15-3-1-2-4-17(15)28-20)22-14-5-6-16-18(13-14)29-21(24-16)25-9-11-27-12-10-25/h1-6,13H,7-12H2,(H,22,26). The summed E-state index contributed by atoms with van der Waals surface area (Å²) in [5.74, 6) is 0.513. The Balaban J connectivity index is 1.23. The first-order valence-electron chi connectivity index (χ1n) is 9.62. The molecular weight excluding hydrogens is 388 g/mol. The molecule has 0 spiro atoms. The van der Waals surface area contributed by atoms with Crippen molar-refractivity contribution < 1.29 is 13.9 Å². The van der Waals surface area contributed by atoms with Crippen LogP contribution >= 0.6 is 11.3 Å². The van der Waals surface area contributed by atoms with Gasteiger partial charge in [-0.25, -0.2) is 9.97 Å². The molecule has 29 heavy (non-hydrogen) atoms. The highest BCUT2D eigenvalue weighted by molar-refractivity contribution is 7.22. The largest absolute Gasteiger partial charge is 0.441 e. The maximum atomic E-state index is 12.4. The Morgan fingerprint density at radius 3 is 2.83 bits per heavy atom. The zero-order valence-electron chi connectivity index (χ0n) is 15.8. The number of hydrogen-bond acceptors (Lipinski definition) is 7. The van der Waals surface area contributed by atoms with Crippen molar-refractivity contribution in [1.29, 1.82) is 0 Å². The van der Waals surface area contributed by atoms with Gasteiger partial charge in [-0.05, 0) is 30.3 Å². The highest BCUT2D eigenvalue weighted by Gasteiger charge is 2.16. The van der Waals surface area contributed by atoms with E-state index in [1.165, 1.54) is 0 Å². The molecule has 0 bridgehead atoms. The summed E-state index contributed by atoms with van der Waals surface area (Å²) in [6, 6.07) is 13.4. The average molecular weight is 408 g/mol. The van der Waals surface area contributed by atoms with E-state index in [0.29, 0.717) is 18.7 Å². The Labute approximate surface area is 171 Å². The van der Waals surface area contributed by atoms with Crippen LogP contribution < -0.4 is 10.2 Å². The number of oxazole rings is 1. The second-order valence-electron chi connectivity index (χ2n) is 6.90. The predicted molar refractivity (Wildman–Crippen MR) is 114 cm³/mol. The first-order valence-corrected chi connectivity index (χ1v) is 10.4. The summed E-state index contributed by atoms with van der Waals surface area (Å²) in [4.78, 5) is 23.7. The normalized spacial score (nSPS) is 14.6. The molecule has 1 saturated heterocycles. The van der Waals surface area contributed by atoms with Crippen molar-refractivity contribution in [3.8, 4) is 0 Å². The highest BCUT2D eigenvalue weighted by atomic mass is 32.1. The van der Waals surface area contributed by atoms with Crippen molar-refractivity contribution in [1.82, 2.24) is 9.97 Å². The van der Waals surface area contributed by atoms with E-state index in [9.17, 15) is 4.79 Å². The zero-order chi connectivity index (χ0) is 19.6. The van der Waals surface area contributed by atoms with E-state index in [-0.39, 0.29) is 5.91 Å². The number of aromatic nitrogens is 2. The molecule has 2 aromatic carbocycles. The maximum absolute atomic E-state index is 12.4. The van der Waals surface area contributed by atoms with Crippen LogP contribution in [0.25, 0.3) is 21.3 Å². The van der Waals surface area contributed by atoms with Crippen LogP contribution in [0.5, 0.6) is 0 Å². The minimum absolute atomic E-state index is 0.0653. The van der Waals surface area contributed by atoms with E-state index in [1.807, 2.05) is 42.5 Å². The molecule has 0 unspecified atom stereocenters. The third-order valence-corrected chi connectivity index (χ3v) is 5.93. The predicted octanol–water partition coefficient (Wildman–Crippen LogP) is 3.85. The van der Waals surface area contributed by atoms with Gasteiger partial charge < -0.3 is 19.4 Å². The topological polar surface area (TPSA) is 80.5 Å². The monoisotopic (exact) mass is 408 g/mol. The van der Waals surface area contributed by atoms with E-state index in [2.05, 4.69) is 15.2 Å². The number of benzene rings is 2. The molecule has 148 valence electrons. The van der Waals surface area contributed by atoms with Gasteiger partial charge >= 0.3 is 0 Å². The molecule has 7 nitrogen and oxygen atoms in total. The van der Waals surface area contributed by atoms with Gasteiger partial charge in [0.1, 0.15) is 5.52 Å². The number of aryl methyl sites for hydroxylation is 1. The second-order valence-corrected chi connectivity index (χ2v) is 7.91. The third-order valence-electron chi connectivity index (χ3n) is 4.85. The van der Waals surface area contributed by atoms with Crippen molar-refractivity contribution >= 4 is 49.4 Å². The SMILES string of the molecule is O=C(CCc1nc2ccccc2o1)Nc1ccc2nc(N3CCOCC3)sc2c1. The fourth-order valence-corrected chi connectivity index (χ4v) is 4.41. The fraction of sp³-hybridized carbons (Fsp3) is 0.286. The summed E-state index contributed by atoms with van der Waals surface area (Å²) < 4.78 is 12.1. The van der Waals surface area contributed by atoms with Crippen LogP contribution in [0.1, 0.15) is 12.3 Å².